The Morgan fingerprint density at radius 2 is 2.12 bits per heavy atom. The number of carbonyl (C=O) groups is 1. The van der Waals surface area contributed by atoms with Crippen LogP contribution in [0.25, 0.3) is 0 Å². The summed E-state index contributed by atoms with van der Waals surface area (Å²) in [5.74, 6) is 0.0535. The minimum atomic E-state index is 0.0535. The molecule has 0 aliphatic rings. The highest BCUT2D eigenvalue weighted by molar-refractivity contribution is 14.1. The second-order valence-electron chi connectivity index (χ2n) is 4.37. The number of rotatable bonds is 5. The summed E-state index contributed by atoms with van der Waals surface area (Å²) in [6, 6.07) is 6.36. The van der Waals surface area contributed by atoms with E-state index in [-0.39, 0.29) is 5.91 Å². The van der Waals surface area contributed by atoms with Gasteiger partial charge in [-0.15, -0.1) is 0 Å². The zero-order chi connectivity index (χ0) is 12.8. The molecule has 2 N–H and O–H groups in total. The normalized spacial score (nSPS) is 10.6. The minimum absolute atomic E-state index is 0.0535. The van der Waals surface area contributed by atoms with Crippen molar-refractivity contribution in [2.75, 3.05) is 11.9 Å². The zero-order valence-electron chi connectivity index (χ0n) is 10.5. The summed E-state index contributed by atoms with van der Waals surface area (Å²) in [4.78, 5) is 11.6. The molecule has 0 aliphatic heterocycles. The monoisotopic (exact) mass is 346 g/mol. The van der Waals surface area contributed by atoms with Gasteiger partial charge in [-0.2, -0.15) is 0 Å². The van der Waals surface area contributed by atoms with E-state index in [0.717, 1.165) is 5.69 Å². The van der Waals surface area contributed by atoms with E-state index in [1.807, 2.05) is 18.2 Å². The van der Waals surface area contributed by atoms with Crippen LogP contribution in [-0.2, 0) is 4.79 Å². The Balaban J connectivity index is 2.42. The van der Waals surface area contributed by atoms with Crippen molar-refractivity contribution in [2.45, 2.75) is 33.2 Å². The van der Waals surface area contributed by atoms with Crippen molar-refractivity contribution >= 4 is 34.2 Å². The lowest BCUT2D eigenvalue weighted by Crippen LogP contribution is -2.27. The van der Waals surface area contributed by atoms with E-state index in [1.54, 1.807) is 0 Å². The average Bonchev–Trinajstić information content (AvgIpc) is 2.23. The molecule has 0 spiro atoms. The Bertz CT molecular complexity index is 391. The third-order valence-corrected chi connectivity index (χ3v) is 3.52. The molecule has 4 heteroatoms. The smallest absolute Gasteiger partial charge is 0.225 e. The lowest BCUT2D eigenvalue weighted by Gasteiger charge is -2.09. The Kier molecular flexibility index (Phi) is 5.91. The van der Waals surface area contributed by atoms with E-state index < -0.39 is 0 Å². The number of benzene rings is 1. The first-order valence-corrected chi connectivity index (χ1v) is 6.86. The van der Waals surface area contributed by atoms with Gasteiger partial charge in [0.2, 0.25) is 5.91 Å². The fraction of sp³-hybridized carbons (Fsp3) is 0.462. The zero-order valence-corrected chi connectivity index (χ0v) is 12.7. The highest BCUT2D eigenvalue weighted by atomic mass is 127. The van der Waals surface area contributed by atoms with Gasteiger partial charge in [0.05, 0.1) is 0 Å². The molecule has 0 unspecified atom stereocenters. The van der Waals surface area contributed by atoms with E-state index in [0.29, 0.717) is 19.0 Å². The van der Waals surface area contributed by atoms with Crippen LogP contribution in [-0.4, -0.2) is 18.5 Å². The van der Waals surface area contributed by atoms with E-state index in [2.05, 4.69) is 54.0 Å². The quantitative estimate of drug-likeness (QED) is 0.805. The third kappa shape index (κ3) is 5.50. The maximum Gasteiger partial charge on any atom is 0.225 e. The Morgan fingerprint density at radius 1 is 1.41 bits per heavy atom. The van der Waals surface area contributed by atoms with E-state index in [1.165, 1.54) is 9.13 Å². The molecule has 0 fully saturated rings. The molecule has 0 radical (unpaired) electrons. The summed E-state index contributed by atoms with van der Waals surface area (Å²) in [5.41, 5.74) is 2.10. The molecule has 1 rings (SSSR count). The van der Waals surface area contributed by atoms with Crippen LogP contribution in [0.3, 0.4) is 0 Å². The van der Waals surface area contributed by atoms with Crippen LogP contribution in [0.5, 0.6) is 0 Å². The molecule has 17 heavy (non-hydrogen) atoms. The van der Waals surface area contributed by atoms with Crippen molar-refractivity contribution in [3.8, 4) is 0 Å². The van der Waals surface area contributed by atoms with Gasteiger partial charge in [0.15, 0.2) is 0 Å². The number of nitrogens with one attached hydrogen (secondary N) is 2. The summed E-state index contributed by atoms with van der Waals surface area (Å²) in [5, 5.41) is 6.12. The Hall–Kier alpha value is -0.620. The van der Waals surface area contributed by atoms with Gasteiger partial charge in [-0.05, 0) is 47.2 Å². The fourth-order valence-electron chi connectivity index (χ4n) is 1.37. The molecule has 1 amide bonds. The van der Waals surface area contributed by atoms with Gasteiger partial charge in [0, 0.05) is 28.3 Å². The van der Waals surface area contributed by atoms with Crippen molar-refractivity contribution in [3.05, 3.63) is 27.3 Å². The fourth-order valence-corrected chi connectivity index (χ4v) is 1.88. The number of anilines is 1. The molecule has 1 aromatic rings. The van der Waals surface area contributed by atoms with Crippen LogP contribution in [0, 0.1) is 10.5 Å². The molecule has 0 saturated carbocycles. The highest BCUT2D eigenvalue weighted by Crippen LogP contribution is 2.17. The van der Waals surface area contributed by atoms with Gasteiger partial charge in [0.25, 0.3) is 0 Å². The van der Waals surface area contributed by atoms with Crippen molar-refractivity contribution in [3.63, 3.8) is 0 Å². The van der Waals surface area contributed by atoms with Crippen LogP contribution >= 0.6 is 22.6 Å². The molecule has 0 atom stereocenters. The predicted octanol–water partition coefficient (Wildman–Crippen LogP) is 2.93. The summed E-state index contributed by atoms with van der Waals surface area (Å²) < 4.78 is 1.17. The van der Waals surface area contributed by atoms with Crippen molar-refractivity contribution in [2.24, 2.45) is 0 Å². The van der Waals surface area contributed by atoms with Gasteiger partial charge in [-0.25, -0.2) is 0 Å². The van der Waals surface area contributed by atoms with Gasteiger partial charge in [-0.1, -0.05) is 19.9 Å². The van der Waals surface area contributed by atoms with E-state index >= 15 is 0 Å². The van der Waals surface area contributed by atoms with Crippen molar-refractivity contribution in [1.82, 2.24) is 5.32 Å². The number of hydrogen-bond acceptors (Lipinski definition) is 2. The molecule has 3 nitrogen and oxygen atoms in total. The Morgan fingerprint density at radius 3 is 2.71 bits per heavy atom. The highest BCUT2D eigenvalue weighted by Gasteiger charge is 2.03. The van der Waals surface area contributed by atoms with Crippen molar-refractivity contribution in [1.29, 1.82) is 0 Å². The van der Waals surface area contributed by atoms with Crippen LogP contribution in [0.4, 0.5) is 5.69 Å². The standard InChI is InChI=1S/C13H19IN2O/c1-9(2)15-7-6-13(17)16-11-5-4-10(3)12(14)8-11/h4-5,8-9,15H,6-7H2,1-3H3,(H,16,17). The number of hydrogen-bond donors (Lipinski definition) is 2. The molecular weight excluding hydrogens is 327 g/mol. The van der Waals surface area contributed by atoms with Gasteiger partial charge < -0.3 is 10.6 Å². The second kappa shape index (κ2) is 6.96. The number of halogens is 1. The largest absolute Gasteiger partial charge is 0.326 e. The van der Waals surface area contributed by atoms with Crippen LogP contribution < -0.4 is 10.6 Å². The minimum Gasteiger partial charge on any atom is -0.326 e. The number of amides is 1. The lowest BCUT2D eigenvalue weighted by atomic mass is 10.2. The number of aryl methyl sites for hydroxylation is 1. The first kappa shape index (κ1) is 14.4. The van der Waals surface area contributed by atoms with E-state index in [4.69, 9.17) is 0 Å². The van der Waals surface area contributed by atoms with Gasteiger partial charge in [0.1, 0.15) is 0 Å². The van der Waals surface area contributed by atoms with Crippen LogP contribution in [0.15, 0.2) is 18.2 Å². The van der Waals surface area contributed by atoms with Crippen LogP contribution in [0.1, 0.15) is 25.8 Å². The molecule has 0 saturated heterocycles. The lowest BCUT2D eigenvalue weighted by molar-refractivity contribution is -0.116. The first-order valence-electron chi connectivity index (χ1n) is 5.78. The average molecular weight is 346 g/mol. The molecule has 0 aliphatic carbocycles. The van der Waals surface area contributed by atoms with E-state index in [9.17, 15) is 4.79 Å². The molecule has 0 bridgehead atoms. The maximum atomic E-state index is 11.6. The van der Waals surface area contributed by atoms with Gasteiger partial charge in [-0.3, -0.25) is 4.79 Å². The maximum absolute atomic E-state index is 11.6. The topological polar surface area (TPSA) is 41.1 Å². The molecule has 0 heterocycles. The molecule has 0 aromatic heterocycles. The summed E-state index contributed by atoms with van der Waals surface area (Å²) >= 11 is 2.27. The predicted molar refractivity (Wildman–Crippen MR) is 80.3 cm³/mol. The molecular formula is C13H19IN2O. The van der Waals surface area contributed by atoms with Crippen LogP contribution in [0.2, 0.25) is 0 Å². The summed E-state index contributed by atoms with van der Waals surface area (Å²) in [6.45, 7) is 6.91. The molecule has 1 aromatic carbocycles. The summed E-state index contributed by atoms with van der Waals surface area (Å²) in [6.07, 6.45) is 0.503. The SMILES string of the molecule is Cc1ccc(NC(=O)CCNC(C)C)cc1I. The summed E-state index contributed by atoms with van der Waals surface area (Å²) in [7, 11) is 0. The van der Waals surface area contributed by atoms with Crippen molar-refractivity contribution < 1.29 is 4.79 Å². The Labute approximate surface area is 117 Å². The second-order valence-corrected chi connectivity index (χ2v) is 5.53. The third-order valence-electron chi connectivity index (χ3n) is 2.36. The number of carbonyl (C=O) groups excluding carboxylic acids is 1. The van der Waals surface area contributed by atoms with Gasteiger partial charge >= 0.3 is 0 Å². The first-order chi connectivity index (χ1) is 7.99. The molecule has 94 valence electrons.